The van der Waals surface area contributed by atoms with E-state index in [1.807, 2.05) is 0 Å². The fourth-order valence-electron chi connectivity index (χ4n) is 4.31. The minimum Gasteiger partial charge on any atom is -0.316 e. The number of hydrogen-bond donors (Lipinski definition) is 6. The predicted octanol–water partition coefficient (Wildman–Crippen LogP) is 0.472. The van der Waals surface area contributed by atoms with Gasteiger partial charge in [-0.1, -0.05) is 34.6 Å². The first-order chi connectivity index (χ1) is 13.3. The van der Waals surface area contributed by atoms with E-state index < -0.39 is 0 Å². The van der Waals surface area contributed by atoms with Gasteiger partial charge in [0.05, 0.1) is 0 Å². The number of nitrogens with one attached hydrogen (secondary N) is 6. The first-order valence-corrected chi connectivity index (χ1v) is 11.5. The van der Waals surface area contributed by atoms with Gasteiger partial charge in [0.1, 0.15) is 0 Å². The molecule has 6 nitrogen and oxygen atoms in total. The molecule has 6 heteroatoms. The minimum absolute atomic E-state index is 0.222. The van der Waals surface area contributed by atoms with Gasteiger partial charge >= 0.3 is 0 Å². The third kappa shape index (κ3) is 9.06. The minimum atomic E-state index is 0.222. The summed E-state index contributed by atoms with van der Waals surface area (Å²) in [6.45, 7) is 24.6. The van der Waals surface area contributed by atoms with Crippen LogP contribution in [0.4, 0.5) is 0 Å². The topological polar surface area (TPSA) is 72.2 Å². The van der Waals surface area contributed by atoms with E-state index in [1.54, 1.807) is 0 Å². The van der Waals surface area contributed by atoms with Crippen molar-refractivity contribution in [2.75, 3.05) is 78.5 Å². The molecule has 166 valence electrons. The van der Waals surface area contributed by atoms with Crippen LogP contribution in [0.1, 0.15) is 34.6 Å². The van der Waals surface area contributed by atoms with Crippen molar-refractivity contribution in [2.24, 2.45) is 28.6 Å². The summed E-state index contributed by atoms with van der Waals surface area (Å²) < 4.78 is 0. The second-order valence-electron chi connectivity index (χ2n) is 10.7. The Morgan fingerprint density at radius 2 is 0.607 bits per heavy atom. The molecule has 0 aliphatic carbocycles. The lowest BCUT2D eigenvalue weighted by molar-refractivity contribution is 0.232. The maximum Gasteiger partial charge on any atom is 0.00490 e. The molecule has 0 aromatic heterocycles. The van der Waals surface area contributed by atoms with Gasteiger partial charge in [0, 0.05) is 50.1 Å². The first kappa shape index (κ1) is 24.0. The van der Waals surface area contributed by atoms with Crippen molar-refractivity contribution in [3.63, 3.8) is 0 Å². The molecule has 0 saturated carbocycles. The molecule has 3 aliphatic rings. The summed E-state index contributed by atoms with van der Waals surface area (Å²) >= 11 is 0. The molecule has 28 heavy (non-hydrogen) atoms. The summed E-state index contributed by atoms with van der Waals surface area (Å²) in [5.41, 5.74) is 0.445. The molecule has 0 amide bonds. The molecule has 0 radical (unpaired) electrons. The quantitative estimate of drug-likeness (QED) is 0.358. The van der Waals surface area contributed by atoms with Crippen LogP contribution in [-0.2, 0) is 0 Å². The van der Waals surface area contributed by atoms with Gasteiger partial charge in [-0.15, -0.1) is 0 Å². The molecule has 3 aliphatic heterocycles. The van der Waals surface area contributed by atoms with Crippen molar-refractivity contribution in [3.05, 3.63) is 0 Å². The maximum absolute atomic E-state index is 3.76. The van der Waals surface area contributed by atoms with E-state index in [-0.39, 0.29) is 10.8 Å². The highest BCUT2D eigenvalue weighted by Gasteiger charge is 2.27. The SMILES string of the molecule is CC1CNCC2(C)CNCC(C)CNCC(C)(CNC1)CNCC(C)CNC2. The lowest BCUT2D eigenvalue weighted by Gasteiger charge is -2.35. The van der Waals surface area contributed by atoms with Gasteiger partial charge in [0.2, 0.25) is 0 Å². The Morgan fingerprint density at radius 1 is 0.429 bits per heavy atom. The van der Waals surface area contributed by atoms with Gasteiger partial charge in [-0.05, 0) is 57.0 Å². The van der Waals surface area contributed by atoms with Crippen molar-refractivity contribution in [2.45, 2.75) is 34.6 Å². The highest BCUT2D eigenvalue weighted by molar-refractivity contribution is 4.86. The highest BCUT2D eigenvalue weighted by atomic mass is 15.0. The van der Waals surface area contributed by atoms with E-state index in [9.17, 15) is 0 Å². The van der Waals surface area contributed by atoms with E-state index in [0.717, 1.165) is 78.5 Å². The summed E-state index contributed by atoms with van der Waals surface area (Å²) in [5, 5.41) is 22.6. The molecular formula is C22H48N6. The maximum atomic E-state index is 3.76. The van der Waals surface area contributed by atoms with Crippen LogP contribution in [0.15, 0.2) is 0 Å². The molecule has 0 aromatic carbocycles. The van der Waals surface area contributed by atoms with E-state index in [4.69, 9.17) is 0 Å². The zero-order valence-electron chi connectivity index (χ0n) is 19.2. The first-order valence-electron chi connectivity index (χ1n) is 11.5. The van der Waals surface area contributed by atoms with Crippen molar-refractivity contribution in [1.29, 1.82) is 0 Å². The summed E-state index contributed by atoms with van der Waals surface area (Å²) in [6, 6.07) is 0. The molecule has 3 rings (SSSR count). The fourth-order valence-corrected chi connectivity index (χ4v) is 4.31. The Morgan fingerprint density at radius 3 is 0.786 bits per heavy atom. The van der Waals surface area contributed by atoms with Crippen molar-refractivity contribution < 1.29 is 0 Å². The van der Waals surface area contributed by atoms with Crippen LogP contribution in [0.2, 0.25) is 0 Å². The standard InChI is InChI=1S/C22H48N6/c1-18-6-23-12-21(4)14-25-8-19(2)9-26-15-22(5,13-24-7-18)17-28-11-20(3)10-27-16-21/h18-20,23-28H,6-17H2,1-5H3. The lowest BCUT2D eigenvalue weighted by Crippen LogP contribution is -2.52. The molecule has 3 heterocycles. The molecular weight excluding hydrogens is 348 g/mol. The van der Waals surface area contributed by atoms with Crippen LogP contribution < -0.4 is 31.9 Å². The van der Waals surface area contributed by atoms with Crippen molar-refractivity contribution in [3.8, 4) is 0 Å². The monoisotopic (exact) mass is 396 g/mol. The molecule has 0 atom stereocenters. The van der Waals surface area contributed by atoms with Gasteiger partial charge in [-0.3, -0.25) is 0 Å². The summed E-state index contributed by atoms with van der Waals surface area (Å²) in [4.78, 5) is 0. The van der Waals surface area contributed by atoms with Crippen LogP contribution in [0.3, 0.4) is 0 Å². The van der Waals surface area contributed by atoms with Gasteiger partial charge in [0.15, 0.2) is 0 Å². The van der Waals surface area contributed by atoms with Crippen LogP contribution in [-0.4, -0.2) is 78.5 Å². The lowest BCUT2D eigenvalue weighted by atomic mass is 9.88. The number of fused-ring (bicyclic) bond motifs is 18. The van der Waals surface area contributed by atoms with E-state index in [1.165, 1.54) is 0 Å². The highest BCUT2D eigenvalue weighted by Crippen LogP contribution is 2.16. The third-order valence-corrected chi connectivity index (χ3v) is 6.27. The van der Waals surface area contributed by atoms with Gasteiger partial charge in [0.25, 0.3) is 0 Å². The zero-order chi connectivity index (χ0) is 20.5. The average molecular weight is 397 g/mol. The Kier molecular flexibility index (Phi) is 10.1. The van der Waals surface area contributed by atoms with Crippen molar-refractivity contribution >= 4 is 0 Å². The number of hydrogen-bond acceptors (Lipinski definition) is 6. The van der Waals surface area contributed by atoms with Gasteiger partial charge in [-0.2, -0.15) is 0 Å². The summed E-state index contributed by atoms with van der Waals surface area (Å²) in [5.74, 6) is 1.91. The Labute approximate surface area is 174 Å². The second kappa shape index (κ2) is 11.8. The Hall–Kier alpha value is -0.240. The summed E-state index contributed by atoms with van der Waals surface area (Å²) in [7, 11) is 0. The largest absolute Gasteiger partial charge is 0.316 e. The average Bonchev–Trinajstić information content (AvgIpc) is 2.60. The van der Waals surface area contributed by atoms with Crippen LogP contribution >= 0.6 is 0 Å². The van der Waals surface area contributed by atoms with Gasteiger partial charge in [-0.25, -0.2) is 0 Å². The molecule has 3 saturated heterocycles. The van der Waals surface area contributed by atoms with Gasteiger partial charge < -0.3 is 31.9 Å². The van der Waals surface area contributed by atoms with Crippen LogP contribution in [0.25, 0.3) is 0 Å². The molecule has 3 fully saturated rings. The predicted molar refractivity (Wildman–Crippen MR) is 121 cm³/mol. The van der Waals surface area contributed by atoms with E-state index in [2.05, 4.69) is 66.5 Å². The molecule has 0 unspecified atom stereocenters. The fraction of sp³-hybridized carbons (Fsp3) is 1.00. The van der Waals surface area contributed by atoms with Crippen LogP contribution in [0, 0.1) is 28.6 Å². The van der Waals surface area contributed by atoms with Crippen molar-refractivity contribution in [1.82, 2.24) is 31.9 Å². The zero-order valence-corrected chi connectivity index (χ0v) is 19.2. The molecule has 0 spiro atoms. The van der Waals surface area contributed by atoms with Crippen LogP contribution in [0.5, 0.6) is 0 Å². The Balaban J connectivity index is 2.14. The van der Waals surface area contributed by atoms with E-state index in [0.29, 0.717) is 17.8 Å². The Bertz CT molecular complexity index is 335. The smallest absolute Gasteiger partial charge is 0.00490 e. The normalized spacial score (nSPS) is 41.2. The molecule has 0 aromatic rings. The number of rotatable bonds is 0. The van der Waals surface area contributed by atoms with E-state index >= 15 is 0 Å². The third-order valence-electron chi connectivity index (χ3n) is 6.27. The summed E-state index contributed by atoms with van der Waals surface area (Å²) in [6.07, 6.45) is 0. The molecule has 6 N–H and O–H groups in total. The molecule has 2 bridgehead atoms. The second-order valence-corrected chi connectivity index (χ2v) is 10.7.